The van der Waals surface area contributed by atoms with Crippen molar-refractivity contribution in [3.05, 3.63) is 58.6 Å². The van der Waals surface area contributed by atoms with E-state index in [0.717, 1.165) is 68.8 Å². The molecule has 6 rings (SSSR count). The van der Waals surface area contributed by atoms with E-state index in [1.54, 1.807) is 0 Å². The van der Waals surface area contributed by atoms with Crippen LogP contribution in [0.4, 0.5) is 5.69 Å². The third-order valence-electron chi connectivity index (χ3n) is 12.1. The third-order valence-corrected chi connectivity index (χ3v) is 18.2. The van der Waals surface area contributed by atoms with Crippen molar-refractivity contribution in [3.63, 3.8) is 0 Å². The molecule has 1 spiro atoms. The second-order valence-electron chi connectivity index (χ2n) is 16.1. The average Bonchev–Trinajstić information content (AvgIpc) is 3.11. The van der Waals surface area contributed by atoms with Crippen LogP contribution < -0.4 is 14.8 Å². The molecule has 1 heterocycles. The molecule has 2 saturated carbocycles. The molecule has 2 aromatic carbocycles. The van der Waals surface area contributed by atoms with Gasteiger partial charge in [-0.2, -0.15) is 0 Å². The Hall–Kier alpha value is -1.58. The Morgan fingerprint density at radius 3 is 2.60 bits per heavy atom. The molecule has 0 amide bonds. The number of hydrogen-bond acceptors (Lipinski definition) is 5. The lowest BCUT2D eigenvalue weighted by atomic mass is 9.65. The molecule has 3 aliphatic carbocycles. The van der Waals surface area contributed by atoms with Gasteiger partial charge in [-0.15, -0.1) is 0 Å². The Bertz CT molecular complexity index is 1490. The minimum absolute atomic E-state index is 0.0548. The summed E-state index contributed by atoms with van der Waals surface area (Å²) < 4.78 is 39.0. The van der Waals surface area contributed by atoms with E-state index in [0.29, 0.717) is 31.3 Å². The van der Waals surface area contributed by atoms with E-state index in [4.69, 9.17) is 25.9 Å². The second kappa shape index (κ2) is 12.5. The van der Waals surface area contributed by atoms with Crippen molar-refractivity contribution in [1.29, 1.82) is 0 Å². The third kappa shape index (κ3) is 6.74. The highest BCUT2D eigenvalue weighted by atomic mass is 35.5. The van der Waals surface area contributed by atoms with Gasteiger partial charge in [-0.3, -0.25) is 0 Å². The number of nitrogens with two attached hydrogens (primary N) is 1. The van der Waals surface area contributed by atoms with Gasteiger partial charge >= 0.3 is 0 Å². The van der Waals surface area contributed by atoms with Gasteiger partial charge in [0.15, 0.2) is 8.32 Å². The van der Waals surface area contributed by atoms with Gasteiger partial charge in [0.25, 0.3) is 0 Å². The van der Waals surface area contributed by atoms with Crippen molar-refractivity contribution in [2.24, 2.45) is 22.9 Å². The molecule has 45 heavy (non-hydrogen) atoms. The summed E-state index contributed by atoms with van der Waals surface area (Å²) in [6, 6.07) is 15.0. The molecule has 2 aromatic rings. The van der Waals surface area contributed by atoms with Crippen LogP contribution in [-0.4, -0.2) is 47.8 Å². The maximum Gasteiger partial charge on any atom is 0.211 e. The molecule has 0 aromatic heterocycles. The quantitative estimate of drug-likeness (QED) is 0.301. The van der Waals surface area contributed by atoms with E-state index in [-0.39, 0.29) is 22.5 Å². The van der Waals surface area contributed by atoms with Crippen LogP contribution in [-0.2, 0) is 26.3 Å². The van der Waals surface area contributed by atoms with Crippen molar-refractivity contribution >= 4 is 35.6 Å². The highest BCUT2D eigenvalue weighted by Crippen LogP contribution is 2.50. The van der Waals surface area contributed by atoms with E-state index < -0.39 is 23.6 Å². The van der Waals surface area contributed by atoms with Gasteiger partial charge in [0.2, 0.25) is 10.0 Å². The molecule has 248 valence electrons. The summed E-state index contributed by atoms with van der Waals surface area (Å²) in [5.41, 5.74) is 3.82. The summed E-state index contributed by atoms with van der Waals surface area (Å²) in [5, 5.41) is 6.14. The van der Waals surface area contributed by atoms with E-state index >= 15 is 0 Å². The number of anilines is 1. The Kier molecular flexibility index (Phi) is 9.23. The summed E-state index contributed by atoms with van der Waals surface area (Å²) >= 11 is 6.46. The minimum Gasteiger partial charge on any atom is -0.490 e. The van der Waals surface area contributed by atoms with Crippen LogP contribution in [0.25, 0.3) is 0 Å². The van der Waals surface area contributed by atoms with Gasteiger partial charge in [-0.1, -0.05) is 57.0 Å². The molecule has 9 heteroatoms. The Morgan fingerprint density at radius 2 is 1.89 bits per heavy atom. The lowest BCUT2D eigenvalue weighted by Gasteiger charge is -2.52. The minimum atomic E-state index is -3.57. The number of primary sulfonamides is 1. The molecule has 6 atom stereocenters. The molecule has 4 aliphatic rings. The van der Waals surface area contributed by atoms with Crippen molar-refractivity contribution < 1.29 is 17.6 Å². The summed E-state index contributed by atoms with van der Waals surface area (Å²) in [4.78, 5) is 2.61. The molecule has 2 N–H and O–H groups in total. The highest BCUT2D eigenvalue weighted by molar-refractivity contribution is 7.89. The summed E-state index contributed by atoms with van der Waals surface area (Å²) in [7, 11) is -5.68. The van der Waals surface area contributed by atoms with E-state index in [1.165, 1.54) is 16.8 Å². The van der Waals surface area contributed by atoms with Gasteiger partial charge in [-0.05, 0) is 123 Å². The normalized spacial score (nSPS) is 29.6. The maximum absolute atomic E-state index is 12.5. The molecule has 0 radical (unpaired) electrons. The number of ether oxygens (including phenoxy) is 1. The lowest BCUT2D eigenvalue weighted by Crippen LogP contribution is -2.55. The van der Waals surface area contributed by atoms with Crippen LogP contribution in [0, 0.1) is 17.8 Å². The van der Waals surface area contributed by atoms with Crippen LogP contribution >= 0.6 is 11.6 Å². The van der Waals surface area contributed by atoms with E-state index in [2.05, 4.69) is 75.2 Å². The molecular formula is C36H53ClN2O4SSi. The zero-order valence-electron chi connectivity index (χ0n) is 27.9. The van der Waals surface area contributed by atoms with Crippen LogP contribution in [0.1, 0.15) is 83.3 Å². The first kappa shape index (κ1) is 33.3. The molecule has 0 bridgehead atoms. The molecule has 0 saturated heterocycles. The Labute approximate surface area is 277 Å². The first-order chi connectivity index (χ1) is 21.2. The number of halogens is 1. The van der Waals surface area contributed by atoms with Crippen LogP contribution in [0.2, 0.25) is 23.2 Å². The van der Waals surface area contributed by atoms with Crippen molar-refractivity contribution in [3.8, 4) is 5.75 Å². The summed E-state index contributed by atoms with van der Waals surface area (Å²) in [5.74, 6) is 2.04. The number of hydrogen-bond donors (Lipinski definition) is 1. The maximum atomic E-state index is 12.5. The van der Waals surface area contributed by atoms with Crippen molar-refractivity contribution in [2.45, 2.75) is 113 Å². The van der Waals surface area contributed by atoms with Crippen molar-refractivity contribution in [2.75, 3.05) is 24.6 Å². The predicted octanol–water partition coefficient (Wildman–Crippen LogP) is 8.08. The largest absolute Gasteiger partial charge is 0.490 e. The average molecular weight is 673 g/mol. The molecular weight excluding hydrogens is 620 g/mol. The first-order valence-corrected chi connectivity index (χ1v) is 22.0. The number of benzene rings is 2. The Morgan fingerprint density at radius 1 is 1.11 bits per heavy atom. The van der Waals surface area contributed by atoms with Gasteiger partial charge in [0.05, 0.1) is 23.6 Å². The number of sulfonamides is 1. The second-order valence-corrected chi connectivity index (χ2v) is 23.1. The standard InChI is InChI=1S/C36H53ClN2O4SSi/c1-35(2,3)45(4,5)43-34(26-10-8-12-29(21-26)44(38,40)41)30-17-15-27(30)22-39-23-36(24-42-33-14-7-6-13-32(33)39)19-9-11-25-20-28(37)16-18-31(25)36/h6-7,13-14,16,18,20,26-27,29-30,34H,8-12,15,17,19,21-24H2,1-5H3,(H2,38,40,41)/t26-,27+,29-,30-,34-,36+/m1/s1. The number of fused-ring (bicyclic) bond motifs is 3. The zero-order valence-corrected chi connectivity index (χ0v) is 30.4. The zero-order chi connectivity index (χ0) is 32.2. The lowest BCUT2D eigenvalue weighted by molar-refractivity contribution is -0.0227. The fourth-order valence-electron chi connectivity index (χ4n) is 8.43. The summed E-state index contributed by atoms with van der Waals surface area (Å²) in [6.07, 6.45) is 8.80. The highest BCUT2D eigenvalue weighted by Gasteiger charge is 2.50. The van der Waals surface area contributed by atoms with Crippen LogP contribution in [0.15, 0.2) is 42.5 Å². The van der Waals surface area contributed by atoms with Crippen molar-refractivity contribution in [1.82, 2.24) is 0 Å². The van der Waals surface area contributed by atoms with Crippen LogP contribution in [0.5, 0.6) is 5.75 Å². The van der Waals surface area contributed by atoms with Gasteiger partial charge < -0.3 is 14.1 Å². The predicted molar refractivity (Wildman–Crippen MR) is 187 cm³/mol. The fraction of sp³-hybridized carbons (Fsp3) is 0.667. The number of nitrogens with zero attached hydrogens (tertiary/aromatic N) is 1. The fourth-order valence-corrected chi connectivity index (χ4v) is 11.0. The van der Waals surface area contributed by atoms with E-state index in [9.17, 15) is 8.42 Å². The number of rotatable bonds is 7. The number of para-hydroxylation sites is 2. The SMILES string of the molecule is CC(C)(C)[Si](C)(C)O[C@H]([C@@H]1CCC[C@@H](S(N)(=O)=O)C1)[C@@H]1CC[C@H]1CN1C[C@@]2(CCCc3cc(Cl)ccc32)COc2ccccc21. The molecule has 2 fully saturated rings. The Balaban J connectivity index is 1.31. The van der Waals surface area contributed by atoms with Crippen LogP contribution in [0.3, 0.4) is 0 Å². The molecule has 0 unspecified atom stereocenters. The molecule has 1 aliphatic heterocycles. The van der Waals surface area contributed by atoms with Gasteiger partial charge in [0.1, 0.15) is 5.75 Å². The smallest absolute Gasteiger partial charge is 0.211 e. The molecule has 6 nitrogen and oxygen atoms in total. The van der Waals surface area contributed by atoms with Gasteiger partial charge in [0, 0.05) is 23.5 Å². The van der Waals surface area contributed by atoms with E-state index in [1.807, 2.05) is 6.07 Å². The first-order valence-electron chi connectivity index (χ1n) is 17.1. The topological polar surface area (TPSA) is 81.9 Å². The monoisotopic (exact) mass is 672 g/mol. The summed E-state index contributed by atoms with van der Waals surface area (Å²) in [6.45, 7) is 14.1. The number of aryl methyl sites for hydroxylation is 1. The van der Waals surface area contributed by atoms with Gasteiger partial charge in [-0.25, -0.2) is 13.6 Å².